The first-order valence-corrected chi connectivity index (χ1v) is 5.12. The van der Waals surface area contributed by atoms with Crippen LogP contribution in [0.5, 0.6) is 0 Å². The van der Waals surface area contributed by atoms with Crippen LogP contribution in [-0.2, 0) is 69.7 Å². The van der Waals surface area contributed by atoms with E-state index < -0.39 is 0 Å². The molecule has 0 aromatic rings. The van der Waals surface area contributed by atoms with Gasteiger partial charge in [0.2, 0.25) is 0 Å². The molecule has 0 unspecified atom stereocenters. The largest absolute Gasteiger partial charge is 0.219 e. The van der Waals surface area contributed by atoms with Gasteiger partial charge in [0, 0.05) is 33.8 Å². The Hall–Kier alpha value is -2.45. The third-order valence-corrected chi connectivity index (χ3v) is 0.930. The van der Waals surface area contributed by atoms with E-state index in [2.05, 4.69) is 130 Å². The summed E-state index contributed by atoms with van der Waals surface area (Å²) in [5.74, 6) is 0. The highest BCUT2D eigenvalue weighted by Crippen LogP contribution is 2.01. The van der Waals surface area contributed by atoms with Gasteiger partial charge in [0.1, 0.15) is 0 Å². The molecule has 0 aliphatic carbocycles. The molecule has 26 nitrogen and oxygen atoms in total. The Morgan fingerprint density at radius 2 is 1.11 bits per heavy atom. The first-order chi connectivity index (χ1) is 13.3. The van der Waals surface area contributed by atoms with Crippen molar-refractivity contribution in [3.63, 3.8) is 0 Å². The summed E-state index contributed by atoms with van der Waals surface area (Å²) in [4.78, 5) is 7.98. The Labute approximate surface area is 147 Å². The molecule has 0 bridgehead atoms. The monoisotopic (exact) mass is 429 g/mol. The average Bonchev–Trinajstić information content (AvgIpc) is 2.68. The molecule has 0 fully saturated rings. The van der Waals surface area contributed by atoms with Crippen LogP contribution in [0.15, 0.2) is 47.0 Å². The Morgan fingerprint density at radius 3 is 1.67 bits per heavy atom. The Balaban J connectivity index is 4.17. The lowest BCUT2D eigenvalue weighted by atomic mass is 12.3. The van der Waals surface area contributed by atoms with E-state index in [1.807, 2.05) is 0 Å². The van der Waals surface area contributed by atoms with Gasteiger partial charge in [-0.25, -0.2) is 5.26 Å². The molecule has 0 aromatic carbocycles. The predicted octanol–water partition coefficient (Wildman–Crippen LogP) is 1.06. The van der Waals surface area contributed by atoms with Crippen LogP contribution in [-0.4, -0.2) is 10.6 Å². The smallest absolute Gasteiger partial charge is 0.0559 e. The minimum atomic E-state index is -0.221. The normalized spacial score (nSPS) is 12.2. The highest BCUT2D eigenvalue weighted by atomic mass is 32.1. The standard InChI is InChI=1S/H3N11O15S/c1-2-3-4-5-6-7-8-9-10-11(13-16-19-22-21-18-15-12)14-17-20-23-24-25-26-27/h1,12,27H/b2-1?,4-3+,6-5+,8-7+,10-9+. The van der Waals surface area contributed by atoms with Gasteiger partial charge in [-0.15, -0.1) is 4.33 Å². The molecule has 0 radical (unpaired) electrons. The van der Waals surface area contributed by atoms with Crippen molar-refractivity contribution in [3.8, 4) is 0 Å². The van der Waals surface area contributed by atoms with Crippen molar-refractivity contribution in [1.29, 1.82) is 5.53 Å². The van der Waals surface area contributed by atoms with Crippen molar-refractivity contribution >= 4 is 12.9 Å². The van der Waals surface area contributed by atoms with Crippen LogP contribution in [0.1, 0.15) is 0 Å². The lowest BCUT2D eigenvalue weighted by Gasteiger charge is -2.07. The van der Waals surface area contributed by atoms with Gasteiger partial charge in [-0.2, -0.15) is 5.53 Å². The molecule has 0 spiro atoms. The zero-order chi connectivity index (χ0) is 19.8. The molecule has 0 saturated heterocycles. The molecular weight excluding hydrogens is 426 g/mol. The van der Waals surface area contributed by atoms with Gasteiger partial charge in [-0.05, 0) is 91.5 Å². The SMILES string of the molecule is N=N/N=N/N=N/N=N/N=N/N(OOOOOOOO)OOOOOOOS. The Kier molecular flexibility index (Phi) is 19.6. The topological polar surface area (TPSA) is 288 Å². The van der Waals surface area contributed by atoms with E-state index in [1.165, 1.54) is 0 Å². The van der Waals surface area contributed by atoms with Crippen molar-refractivity contribution in [2.45, 2.75) is 0 Å². The highest BCUT2D eigenvalue weighted by Gasteiger charge is 2.09. The zero-order valence-corrected chi connectivity index (χ0v) is 12.5. The number of nitrogens with zero attached hydrogens (tertiary/aromatic N) is 10. The maximum Gasteiger partial charge on any atom is 0.0559 e. The molecule has 154 valence electrons. The number of hydrogen-bond donors (Lipinski definition) is 3. The molecule has 2 N–H and O–H groups in total. The molecule has 0 atom stereocenters. The predicted molar refractivity (Wildman–Crippen MR) is 53.2 cm³/mol. The van der Waals surface area contributed by atoms with Crippen LogP contribution < -0.4 is 0 Å². The summed E-state index contributed by atoms with van der Waals surface area (Å²) in [6, 6.07) is 0. The molecule has 27 heteroatoms. The second-order valence-corrected chi connectivity index (χ2v) is 2.18. The van der Waals surface area contributed by atoms with Crippen molar-refractivity contribution in [2.24, 2.45) is 47.0 Å². The molecule has 0 heterocycles. The second kappa shape index (κ2) is 21.6. The minimum Gasteiger partial charge on any atom is -0.219 e. The van der Waals surface area contributed by atoms with E-state index in [-0.39, 0.29) is 5.34 Å². The highest BCUT2D eigenvalue weighted by molar-refractivity contribution is 7.74. The lowest BCUT2D eigenvalue weighted by Crippen LogP contribution is -2.19. The van der Waals surface area contributed by atoms with Crippen molar-refractivity contribution in [3.05, 3.63) is 0 Å². The number of nitrogens with one attached hydrogen (secondary N) is 1. The van der Waals surface area contributed by atoms with Crippen LogP contribution in [0.2, 0.25) is 0 Å². The molecular formula is H3N11O15S. The summed E-state index contributed by atoms with van der Waals surface area (Å²) in [5.41, 5.74) is 6.23. The molecule has 0 aliphatic rings. The lowest BCUT2D eigenvalue weighted by molar-refractivity contribution is -0.848. The number of thiol groups is 1. The van der Waals surface area contributed by atoms with E-state index in [9.17, 15) is 0 Å². The third kappa shape index (κ3) is 19.7. The summed E-state index contributed by atoms with van der Waals surface area (Å²) in [6.07, 6.45) is 0. The van der Waals surface area contributed by atoms with Crippen molar-refractivity contribution < 1.29 is 75.0 Å². The molecule has 0 aliphatic heterocycles. The van der Waals surface area contributed by atoms with Gasteiger partial charge in [-0.1, -0.05) is 0 Å². The van der Waals surface area contributed by atoms with Gasteiger partial charge >= 0.3 is 0 Å². The summed E-state index contributed by atoms with van der Waals surface area (Å²) in [5, 5.41) is 71.3. The van der Waals surface area contributed by atoms with Crippen molar-refractivity contribution in [2.75, 3.05) is 0 Å². The van der Waals surface area contributed by atoms with Gasteiger partial charge in [0.15, 0.2) is 0 Å². The zero-order valence-electron chi connectivity index (χ0n) is 11.6. The van der Waals surface area contributed by atoms with Gasteiger partial charge in [0.05, 0.1) is 5.34 Å². The van der Waals surface area contributed by atoms with E-state index in [4.69, 9.17) is 10.8 Å². The molecule has 0 rings (SSSR count). The second-order valence-electron chi connectivity index (χ2n) is 2.03. The molecule has 0 saturated carbocycles. The quantitative estimate of drug-likeness (QED) is 0.0645. The molecule has 0 amide bonds. The van der Waals surface area contributed by atoms with E-state index in [0.29, 0.717) is 0 Å². The van der Waals surface area contributed by atoms with Crippen LogP contribution in [0.25, 0.3) is 0 Å². The van der Waals surface area contributed by atoms with Crippen LogP contribution >= 0.6 is 12.9 Å². The summed E-state index contributed by atoms with van der Waals surface area (Å²) in [7, 11) is 0. The van der Waals surface area contributed by atoms with Gasteiger partial charge < -0.3 is 0 Å². The number of hydrogen-bond acceptors (Lipinski definition) is 18. The summed E-state index contributed by atoms with van der Waals surface area (Å²) >= 11 is 3.08. The summed E-state index contributed by atoms with van der Waals surface area (Å²) < 4.78 is 3.61. The summed E-state index contributed by atoms with van der Waals surface area (Å²) in [6.45, 7) is 0. The number of rotatable bonds is 19. The van der Waals surface area contributed by atoms with Gasteiger partial charge in [0.25, 0.3) is 0 Å². The Morgan fingerprint density at radius 1 is 0.630 bits per heavy atom. The van der Waals surface area contributed by atoms with Gasteiger partial charge in [-0.3, -0.25) is 0 Å². The van der Waals surface area contributed by atoms with E-state index in [1.54, 1.807) is 0 Å². The van der Waals surface area contributed by atoms with Crippen LogP contribution in [0, 0.1) is 5.53 Å². The van der Waals surface area contributed by atoms with Crippen LogP contribution in [0.4, 0.5) is 0 Å². The fourth-order valence-electron chi connectivity index (χ4n) is 0.372. The fraction of sp³-hybridized carbons (Fsp3) is 0. The molecule has 0 aromatic heterocycles. The van der Waals surface area contributed by atoms with E-state index >= 15 is 0 Å². The maximum atomic E-state index is 7.65. The van der Waals surface area contributed by atoms with E-state index in [0.717, 1.165) is 0 Å². The first kappa shape index (κ1) is 24.6. The minimum absolute atomic E-state index is 0.221. The average molecular weight is 429 g/mol. The first-order valence-electron chi connectivity index (χ1n) is 4.75. The maximum absolute atomic E-state index is 7.65. The Bertz CT molecular complexity index is 423. The third-order valence-electron chi connectivity index (χ3n) is 0.869. The molecule has 27 heavy (non-hydrogen) atoms. The van der Waals surface area contributed by atoms with Crippen molar-refractivity contribution in [1.82, 2.24) is 5.34 Å². The fourth-order valence-corrected chi connectivity index (χ4v) is 0.397. The van der Waals surface area contributed by atoms with Crippen LogP contribution in [0.3, 0.4) is 0 Å².